The summed E-state index contributed by atoms with van der Waals surface area (Å²) in [5.41, 5.74) is 2.27. The molecule has 0 aliphatic heterocycles. The lowest BCUT2D eigenvalue weighted by Crippen LogP contribution is -2.56. The van der Waals surface area contributed by atoms with E-state index < -0.39 is 15.9 Å². The van der Waals surface area contributed by atoms with Gasteiger partial charge in [0, 0.05) is 11.3 Å². The van der Waals surface area contributed by atoms with E-state index in [0.717, 1.165) is 11.3 Å². The maximum absolute atomic E-state index is 12.4. The molecular formula is C18H18Cl3N3O2S. The summed E-state index contributed by atoms with van der Waals surface area (Å²) < 4.78 is 3.24. The van der Waals surface area contributed by atoms with Gasteiger partial charge in [0.2, 0.25) is 3.79 Å². The number of methoxy groups -OCH3 is 1. The number of hydrogen-bond donors (Lipinski definition) is 3. The van der Waals surface area contributed by atoms with Gasteiger partial charge in [0.15, 0.2) is 5.11 Å². The Balaban J connectivity index is 2.04. The largest absolute Gasteiger partial charge is 0.497 e. The summed E-state index contributed by atoms with van der Waals surface area (Å²) in [5, 5.41) is 8.61. The molecule has 9 heteroatoms. The average Bonchev–Trinajstić information content (AvgIpc) is 2.62. The van der Waals surface area contributed by atoms with Gasteiger partial charge in [-0.05, 0) is 55.5 Å². The number of rotatable bonds is 5. The van der Waals surface area contributed by atoms with Gasteiger partial charge in [0.25, 0.3) is 5.91 Å². The summed E-state index contributed by atoms with van der Waals surface area (Å²) in [7, 11) is 1.54. The van der Waals surface area contributed by atoms with Gasteiger partial charge in [-0.3, -0.25) is 4.79 Å². The highest BCUT2D eigenvalue weighted by atomic mass is 35.6. The molecule has 0 radical (unpaired) electrons. The lowest BCUT2D eigenvalue weighted by molar-refractivity contribution is 0.0934. The predicted octanol–water partition coefficient (Wildman–Crippen LogP) is 4.42. The van der Waals surface area contributed by atoms with Gasteiger partial charge in [-0.15, -0.1) is 0 Å². The normalized spacial score (nSPS) is 12.0. The molecule has 0 saturated carbocycles. The molecule has 144 valence electrons. The number of carbonyl (C=O) groups is 1. The number of amides is 1. The summed E-state index contributed by atoms with van der Waals surface area (Å²) in [5.74, 6) is 0.200. The standard InChI is InChI=1S/C18H18Cl3N3O2S/c1-11-3-7-13(8-4-11)22-17(27)24-16(18(19,20)21)23-15(25)12-5-9-14(26-2)10-6-12/h3-10,16H,1-2H3,(H,23,25)(H2,22,24,27)/t16-/m1/s1. The summed E-state index contributed by atoms with van der Waals surface area (Å²) >= 11 is 23.2. The number of aryl methyl sites for hydroxylation is 1. The third-order valence-corrected chi connectivity index (χ3v) is 4.41. The highest BCUT2D eigenvalue weighted by Gasteiger charge is 2.34. The molecule has 0 fully saturated rings. The minimum atomic E-state index is -1.83. The third-order valence-electron chi connectivity index (χ3n) is 3.54. The van der Waals surface area contributed by atoms with Crippen LogP contribution in [0.1, 0.15) is 15.9 Å². The van der Waals surface area contributed by atoms with E-state index >= 15 is 0 Å². The van der Waals surface area contributed by atoms with Crippen LogP contribution in [0.2, 0.25) is 0 Å². The number of benzene rings is 2. The lowest BCUT2D eigenvalue weighted by Gasteiger charge is -2.27. The fraction of sp³-hybridized carbons (Fsp3) is 0.222. The molecule has 5 nitrogen and oxygen atoms in total. The first-order valence-electron chi connectivity index (χ1n) is 7.85. The van der Waals surface area contributed by atoms with Gasteiger partial charge in [-0.25, -0.2) is 0 Å². The van der Waals surface area contributed by atoms with Crippen molar-refractivity contribution in [1.29, 1.82) is 0 Å². The lowest BCUT2D eigenvalue weighted by atomic mass is 10.2. The predicted molar refractivity (Wildman–Crippen MR) is 115 cm³/mol. The van der Waals surface area contributed by atoms with Crippen molar-refractivity contribution in [2.45, 2.75) is 16.9 Å². The Morgan fingerprint density at radius 3 is 2.15 bits per heavy atom. The van der Waals surface area contributed by atoms with Crippen LogP contribution < -0.4 is 20.7 Å². The molecule has 3 N–H and O–H groups in total. The molecule has 0 unspecified atom stereocenters. The van der Waals surface area contributed by atoms with Crippen molar-refractivity contribution in [2.24, 2.45) is 0 Å². The molecule has 0 spiro atoms. The zero-order chi connectivity index (χ0) is 20.0. The summed E-state index contributed by atoms with van der Waals surface area (Å²) in [6.07, 6.45) is -1.05. The van der Waals surface area contributed by atoms with E-state index in [0.29, 0.717) is 11.3 Å². The second-order valence-corrected chi connectivity index (χ2v) is 8.42. The first kappa shape index (κ1) is 21.6. The molecule has 2 aromatic carbocycles. The zero-order valence-electron chi connectivity index (χ0n) is 14.6. The van der Waals surface area contributed by atoms with Gasteiger partial charge in [-0.2, -0.15) is 0 Å². The van der Waals surface area contributed by atoms with Crippen LogP contribution in [-0.4, -0.2) is 28.1 Å². The number of nitrogens with one attached hydrogen (secondary N) is 3. The van der Waals surface area contributed by atoms with Gasteiger partial charge in [0.05, 0.1) is 7.11 Å². The van der Waals surface area contributed by atoms with Crippen LogP contribution >= 0.6 is 47.0 Å². The van der Waals surface area contributed by atoms with E-state index in [9.17, 15) is 4.79 Å². The second kappa shape index (κ2) is 9.46. The minimum Gasteiger partial charge on any atom is -0.497 e. The quantitative estimate of drug-likeness (QED) is 0.361. The summed E-state index contributed by atoms with van der Waals surface area (Å²) in [6.45, 7) is 1.98. The molecule has 0 aliphatic rings. The molecule has 0 saturated heterocycles. The minimum absolute atomic E-state index is 0.199. The summed E-state index contributed by atoms with van der Waals surface area (Å²) in [4.78, 5) is 12.4. The maximum atomic E-state index is 12.4. The smallest absolute Gasteiger partial charge is 0.252 e. The molecule has 0 heterocycles. The third kappa shape index (κ3) is 6.74. The van der Waals surface area contributed by atoms with E-state index in [1.54, 1.807) is 31.4 Å². The number of alkyl halides is 3. The van der Waals surface area contributed by atoms with E-state index in [4.69, 9.17) is 51.8 Å². The molecule has 0 aliphatic carbocycles. The van der Waals surface area contributed by atoms with E-state index in [2.05, 4.69) is 16.0 Å². The topological polar surface area (TPSA) is 62.4 Å². The Bertz CT molecular complexity index is 793. The Hall–Kier alpha value is -1.73. The fourth-order valence-electron chi connectivity index (χ4n) is 2.09. The monoisotopic (exact) mass is 445 g/mol. The molecule has 1 atom stereocenters. The maximum Gasteiger partial charge on any atom is 0.252 e. The van der Waals surface area contributed by atoms with Crippen LogP contribution in [0.5, 0.6) is 5.75 Å². The van der Waals surface area contributed by atoms with Crippen molar-refractivity contribution >= 4 is 63.7 Å². The van der Waals surface area contributed by atoms with Crippen molar-refractivity contribution in [2.75, 3.05) is 12.4 Å². The zero-order valence-corrected chi connectivity index (χ0v) is 17.6. The first-order chi connectivity index (χ1) is 12.7. The SMILES string of the molecule is COc1ccc(C(=O)N[C@H](NC(=S)Nc2ccc(C)cc2)C(Cl)(Cl)Cl)cc1. The van der Waals surface area contributed by atoms with Crippen LogP contribution in [0.4, 0.5) is 5.69 Å². The number of anilines is 1. The Labute approximate surface area is 178 Å². The summed E-state index contributed by atoms with van der Waals surface area (Å²) in [6, 6.07) is 14.1. The van der Waals surface area contributed by atoms with Crippen molar-refractivity contribution in [3.05, 3.63) is 59.7 Å². The Morgan fingerprint density at radius 1 is 1.04 bits per heavy atom. The molecule has 0 bridgehead atoms. The van der Waals surface area contributed by atoms with Gasteiger partial charge >= 0.3 is 0 Å². The van der Waals surface area contributed by atoms with Crippen LogP contribution in [0.15, 0.2) is 48.5 Å². The van der Waals surface area contributed by atoms with Crippen molar-refractivity contribution in [3.63, 3.8) is 0 Å². The van der Waals surface area contributed by atoms with Gasteiger partial charge in [0.1, 0.15) is 11.9 Å². The molecule has 0 aromatic heterocycles. The van der Waals surface area contributed by atoms with E-state index in [-0.39, 0.29) is 5.11 Å². The molecule has 27 heavy (non-hydrogen) atoms. The van der Waals surface area contributed by atoms with Gasteiger partial charge in [-0.1, -0.05) is 52.5 Å². The van der Waals surface area contributed by atoms with Crippen LogP contribution in [-0.2, 0) is 0 Å². The molecule has 2 aromatic rings. The average molecular weight is 447 g/mol. The highest BCUT2D eigenvalue weighted by Crippen LogP contribution is 2.29. The number of halogens is 3. The van der Waals surface area contributed by atoms with Crippen molar-refractivity contribution < 1.29 is 9.53 Å². The Kier molecular flexibility index (Phi) is 7.56. The van der Waals surface area contributed by atoms with Crippen molar-refractivity contribution in [3.8, 4) is 5.75 Å². The Morgan fingerprint density at radius 2 is 1.63 bits per heavy atom. The second-order valence-electron chi connectivity index (χ2n) is 5.64. The van der Waals surface area contributed by atoms with Crippen LogP contribution in [0.25, 0.3) is 0 Å². The van der Waals surface area contributed by atoms with Crippen LogP contribution in [0.3, 0.4) is 0 Å². The number of carbonyl (C=O) groups excluding carboxylic acids is 1. The fourth-order valence-corrected chi connectivity index (χ4v) is 2.65. The molecule has 1 amide bonds. The van der Waals surface area contributed by atoms with Crippen molar-refractivity contribution in [1.82, 2.24) is 10.6 Å². The van der Waals surface area contributed by atoms with E-state index in [1.807, 2.05) is 31.2 Å². The number of hydrogen-bond acceptors (Lipinski definition) is 3. The first-order valence-corrected chi connectivity index (χ1v) is 9.39. The van der Waals surface area contributed by atoms with Crippen LogP contribution in [0, 0.1) is 6.92 Å². The van der Waals surface area contributed by atoms with E-state index in [1.165, 1.54) is 0 Å². The number of ether oxygens (including phenoxy) is 1. The molecular weight excluding hydrogens is 429 g/mol. The highest BCUT2D eigenvalue weighted by molar-refractivity contribution is 7.80. The molecule has 2 rings (SSSR count). The number of thiocarbonyl (C=S) groups is 1. The van der Waals surface area contributed by atoms with Gasteiger partial charge < -0.3 is 20.7 Å².